The minimum atomic E-state index is -0.0782. The lowest BCUT2D eigenvalue weighted by Crippen LogP contribution is -2.33. The molecule has 100 valence electrons. The average Bonchev–Trinajstić information content (AvgIpc) is 3.00. The topological polar surface area (TPSA) is 58.1 Å². The number of thioether (sulfide) groups is 1. The van der Waals surface area contributed by atoms with E-state index in [1.807, 2.05) is 18.7 Å². The Balaban J connectivity index is 1.88. The smallest absolute Gasteiger partial charge is 0.235 e. The second kappa shape index (κ2) is 6.38. The number of carbonyl (C=O) groups is 1. The van der Waals surface area contributed by atoms with E-state index >= 15 is 0 Å². The van der Waals surface area contributed by atoms with Crippen LogP contribution in [0.15, 0.2) is 4.34 Å². The fourth-order valence-electron chi connectivity index (χ4n) is 1.88. The molecule has 0 radical (unpaired) electrons. The van der Waals surface area contributed by atoms with E-state index in [1.165, 1.54) is 23.1 Å². The molecule has 18 heavy (non-hydrogen) atoms. The van der Waals surface area contributed by atoms with Crippen LogP contribution in [-0.2, 0) is 4.79 Å². The SMILES string of the molecule is CCNc1nnc(S[C@@H](C)C(=O)N2CCCC2)s1. The first kappa shape index (κ1) is 13.6. The van der Waals surface area contributed by atoms with Crippen molar-refractivity contribution in [1.29, 1.82) is 0 Å². The molecule has 0 bridgehead atoms. The maximum atomic E-state index is 12.1. The van der Waals surface area contributed by atoms with Crippen LogP contribution in [0.2, 0.25) is 0 Å². The van der Waals surface area contributed by atoms with Crippen molar-refractivity contribution < 1.29 is 4.79 Å². The van der Waals surface area contributed by atoms with E-state index in [2.05, 4.69) is 15.5 Å². The van der Waals surface area contributed by atoms with Gasteiger partial charge in [0.1, 0.15) is 0 Å². The molecule has 1 aromatic rings. The van der Waals surface area contributed by atoms with Crippen LogP contribution < -0.4 is 5.32 Å². The lowest BCUT2D eigenvalue weighted by atomic mass is 10.4. The number of rotatable bonds is 5. The molecule has 5 nitrogen and oxygen atoms in total. The van der Waals surface area contributed by atoms with Crippen LogP contribution in [0.4, 0.5) is 5.13 Å². The molecule has 1 aromatic heterocycles. The van der Waals surface area contributed by atoms with E-state index in [9.17, 15) is 4.79 Å². The Morgan fingerprint density at radius 3 is 2.89 bits per heavy atom. The summed E-state index contributed by atoms with van der Waals surface area (Å²) in [6.07, 6.45) is 2.26. The molecular weight excluding hydrogens is 268 g/mol. The number of hydrogen-bond donors (Lipinski definition) is 1. The molecule has 7 heteroatoms. The summed E-state index contributed by atoms with van der Waals surface area (Å²) in [4.78, 5) is 14.1. The van der Waals surface area contributed by atoms with Crippen molar-refractivity contribution in [3.63, 3.8) is 0 Å². The first-order valence-corrected chi connectivity index (χ1v) is 7.93. The quantitative estimate of drug-likeness (QED) is 0.840. The number of carbonyl (C=O) groups excluding carboxylic acids is 1. The maximum absolute atomic E-state index is 12.1. The lowest BCUT2D eigenvalue weighted by molar-refractivity contribution is -0.129. The Hall–Kier alpha value is -0.820. The van der Waals surface area contributed by atoms with E-state index in [0.29, 0.717) is 0 Å². The van der Waals surface area contributed by atoms with Crippen LogP contribution in [0.5, 0.6) is 0 Å². The number of amides is 1. The van der Waals surface area contributed by atoms with Gasteiger partial charge in [-0.1, -0.05) is 23.1 Å². The molecule has 0 unspecified atom stereocenters. The van der Waals surface area contributed by atoms with Gasteiger partial charge in [0.2, 0.25) is 11.0 Å². The summed E-state index contributed by atoms with van der Waals surface area (Å²) in [5.74, 6) is 0.220. The molecule has 2 rings (SSSR count). The van der Waals surface area contributed by atoms with Gasteiger partial charge in [-0.3, -0.25) is 4.79 Å². The normalized spacial score (nSPS) is 16.9. The third-order valence-electron chi connectivity index (χ3n) is 2.78. The molecule has 0 spiro atoms. The van der Waals surface area contributed by atoms with Gasteiger partial charge in [0.15, 0.2) is 4.34 Å². The Morgan fingerprint density at radius 2 is 2.22 bits per heavy atom. The highest BCUT2D eigenvalue weighted by atomic mass is 32.2. The molecule has 2 heterocycles. The van der Waals surface area contributed by atoms with Gasteiger partial charge in [-0.25, -0.2) is 0 Å². The maximum Gasteiger partial charge on any atom is 0.235 e. The number of aromatic nitrogens is 2. The molecule has 1 saturated heterocycles. The Labute approximate surface area is 115 Å². The minimum Gasteiger partial charge on any atom is -0.360 e. The summed E-state index contributed by atoms with van der Waals surface area (Å²) in [5, 5.41) is 12.0. The van der Waals surface area contributed by atoms with E-state index in [4.69, 9.17) is 0 Å². The predicted octanol–water partition coefficient (Wildman–Crippen LogP) is 2.07. The van der Waals surface area contributed by atoms with Gasteiger partial charge in [-0.2, -0.15) is 0 Å². The van der Waals surface area contributed by atoms with Crippen molar-refractivity contribution in [2.45, 2.75) is 36.3 Å². The number of nitrogens with zero attached hydrogens (tertiary/aromatic N) is 3. The number of anilines is 1. The number of likely N-dealkylation sites (tertiary alicyclic amines) is 1. The standard InChI is InChI=1S/C11H18N4OS2/c1-3-12-10-13-14-11(18-10)17-8(2)9(16)15-6-4-5-7-15/h8H,3-7H2,1-2H3,(H,12,13)/t8-/m0/s1. The molecule has 1 N–H and O–H groups in total. The van der Waals surface area contributed by atoms with E-state index in [-0.39, 0.29) is 11.2 Å². The Morgan fingerprint density at radius 1 is 1.50 bits per heavy atom. The van der Waals surface area contributed by atoms with Gasteiger partial charge >= 0.3 is 0 Å². The summed E-state index contributed by atoms with van der Waals surface area (Å²) < 4.78 is 0.853. The molecule has 0 aliphatic carbocycles. The van der Waals surface area contributed by atoms with E-state index in [1.54, 1.807) is 0 Å². The summed E-state index contributed by atoms with van der Waals surface area (Å²) in [6, 6.07) is 0. The van der Waals surface area contributed by atoms with E-state index < -0.39 is 0 Å². The zero-order valence-corrected chi connectivity index (χ0v) is 12.3. The fraction of sp³-hybridized carbons (Fsp3) is 0.727. The van der Waals surface area contributed by atoms with Crippen LogP contribution >= 0.6 is 23.1 Å². The first-order valence-electron chi connectivity index (χ1n) is 6.23. The lowest BCUT2D eigenvalue weighted by Gasteiger charge is -2.18. The number of nitrogens with one attached hydrogen (secondary N) is 1. The fourth-order valence-corrected chi connectivity index (χ4v) is 3.92. The average molecular weight is 286 g/mol. The van der Waals surface area contributed by atoms with Crippen LogP contribution in [0, 0.1) is 0 Å². The van der Waals surface area contributed by atoms with Crippen molar-refractivity contribution in [2.24, 2.45) is 0 Å². The van der Waals surface area contributed by atoms with Crippen molar-refractivity contribution in [1.82, 2.24) is 15.1 Å². The van der Waals surface area contributed by atoms with Gasteiger partial charge in [0.25, 0.3) is 0 Å². The van der Waals surface area contributed by atoms with Crippen LogP contribution in [-0.4, -0.2) is 45.9 Å². The monoisotopic (exact) mass is 286 g/mol. The molecular formula is C11H18N4OS2. The van der Waals surface area contributed by atoms with E-state index in [0.717, 1.165) is 41.9 Å². The summed E-state index contributed by atoms with van der Waals surface area (Å²) in [7, 11) is 0. The predicted molar refractivity (Wildman–Crippen MR) is 75.2 cm³/mol. The highest BCUT2D eigenvalue weighted by Gasteiger charge is 2.24. The second-order valence-electron chi connectivity index (χ2n) is 4.20. The van der Waals surface area contributed by atoms with Gasteiger partial charge in [0.05, 0.1) is 5.25 Å². The highest BCUT2D eigenvalue weighted by molar-refractivity contribution is 8.02. The molecule has 1 amide bonds. The summed E-state index contributed by atoms with van der Waals surface area (Å²) >= 11 is 3.00. The zero-order valence-electron chi connectivity index (χ0n) is 10.7. The van der Waals surface area contributed by atoms with Crippen LogP contribution in [0.25, 0.3) is 0 Å². The molecule has 1 aliphatic rings. The Bertz CT molecular complexity index is 404. The third kappa shape index (κ3) is 3.35. The van der Waals surface area contributed by atoms with Gasteiger partial charge in [-0.15, -0.1) is 10.2 Å². The second-order valence-corrected chi connectivity index (χ2v) is 6.76. The van der Waals surface area contributed by atoms with Crippen molar-refractivity contribution in [3.05, 3.63) is 0 Å². The van der Waals surface area contributed by atoms with Crippen LogP contribution in [0.1, 0.15) is 26.7 Å². The molecule has 0 saturated carbocycles. The van der Waals surface area contributed by atoms with Crippen molar-refractivity contribution in [3.8, 4) is 0 Å². The minimum absolute atomic E-state index is 0.0782. The molecule has 1 fully saturated rings. The number of hydrogen-bond acceptors (Lipinski definition) is 6. The summed E-state index contributed by atoms with van der Waals surface area (Å²) in [5.41, 5.74) is 0. The van der Waals surface area contributed by atoms with Crippen LogP contribution in [0.3, 0.4) is 0 Å². The van der Waals surface area contributed by atoms with Gasteiger partial charge in [0, 0.05) is 19.6 Å². The third-order valence-corrected chi connectivity index (χ3v) is 4.83. The molecule has 1 aliphatic heterocycles. The van der Waals surface area contributed by atoms with Crippen molar-refractivity contribution >= 4 is 34.1 Å². The van der Waals surface area contributed by atoms with Gasteiger partial charge < -0.3 is 10.2 Å². The Kier molecular flexibility index (Phi) is 4.82. The molecule has 1 atom stereocenters. The summed E-state index contributed by atoms with van der Waals surface area (Å²) in [6.45, 7) is 6.61. The molecule has 0 aromatic carbocycles. The largest absolute Gasteiger partial charge is 0.360 e. The first-order chi connectivity index (χ1) is 8.70. The zero-order chi connectivity index (χ0) is 13.0. The van der Waals surface area contributed by atoms with Gasteiger partial charge in [-0.05, 0) is 26.7 Å². The van der Waals surface area contributed by atoms with Crippen molar-refractivity contribution in [2.75, 3.05) is 25.0 Å². The highest BCUT2D eigenvalue weighted by Crippen LogP contribution is 2.30.